The molecule has 0 radical (unpaired) electrons. The molecule has 3 N–H and O–H groups in total. The Morgan fingerprint density at radius 3 is 1.70 bits per heavy atom. The Balaban J connectivity index is 5.48. The second-order valence-corrected chi connectivity index (χ2v) is 9.21. The molecule has 9 heteroatoms. The van der Waals surface area contributed by atoms with Crippen molar-refractivity contribution >= 4 is 15.2 Å². The van der Waals surface area contributed by atoms with Gasteiger partial charge in [-0.15, -0.1) is 0 Å². The Bertz CT molecular complexity index is 388. The van der Waals surface area contributed by atoms with Gasteiger partial charge in [-0.05, 0) is 25.7 Å². The molecule has 1 atom stereocenters. The zero-order chi connectivity index (χ0) is 16.2. The van der Waals surface area contributed by atoms with E-state index in [0.717, 1.165) is 0 Å². The molecule has 0 aromatic rings. The van der Waals surface area contributed by atoms with E-state index in [1.807, 2.05) is 13.8 Å². The zero-order valence-corrected chi connectivity index (χ0v) is 14.6. The van der Waals surface area contributed by atoms with Gasteiger partial charge in [-0.1, -0.05) is 27.7 Å². The molecule has 0 saturated carbocycles. The molecule has 0 aliphatic heterocycles. The van der Waals surface area contributed by atoms with Crippen LogP contribution in [-0.2, 0) is 13.8 Å². The number of rotatable bonds is 9. The molecule has 0 amide bonds. The van der Waals surface area contributed by atoms with Crippen molar-refractivity contribution in [2.75, 3.05) is 7.05 Å². The fourth-order valence-electron chi connectivity index (χ4n) is 2.35. The minimum Gasteiger partial charge on any atom is -0.324 e. The van der Waals surface area contributed by atoms with Crippen molar-refractivity contribution in [1.29, 1.82) is 0 Å². The van der Waals surface area contributed by atoms with Gasteiger partial charge < -0.3 is 14.7 Å². The van der Waals surface area contributed by atoms with Gasteiger partial charge in [0.05, 0.1) is 0 Å². The average molecular weight is 331 g/mol. The molecule has 0 bridgehead atoms. The minimum absolute atomic E-state index is 0.0846. The molecule has 1 unspecified atom stereocenters. The number of hydrogen-bond donors (Lipinski definition) is 3. The number of hydroxylamine groups is 2. The third kappa shape index (κ3) is 3.92. The van der Waals surface area contributed by atoms with E-state index in [1.54, 1.807) is 0 Å². The maximum atomic E-state index is 12.5. The summed E-state index contributed by atoms with van der Waals surface area (Å²) in [5, 5.41) is 1.25. The van der Waals surface area contributed by atoms with Crippen molar-refractivity contribution in [2.24, 2.45) is 0 Å². The Morgan fingerprint density at radius 2 is 1.45 bits per heavy atom. The Morgan fingerprint density at radius 1 is 1.05 bits per heavy atom. The monoisotopic (exact) mass is 331 g/mol. The maximum absolute atomic E-state index is 12.5. The van der Waals surface area contributed by atoms with E-state index < -0.39 is 20.1 Å². The van der Waals surface area contributed by atoms with Crippen LogP contribution in [0.5, 0.6) is 0 Å². The van der Waals surface area contributed by atoms with E-state index in [1.165, 1.54) is 26.0 Å². The van der Waals surface area contributed by atoms with Gasteiger partial charge in [0.2, 0.25) is 0 Å². The van der Waals surface area contributed by atoms with Gasteiger partial charge in [0.25, 0.3) is 0 Å². The van der Waals surface area contributed by atoms with E-state index in [-0.39, 0.29) is 18.9 Å². The van der Waals surface area contributed by atoms with Crippen molar-refractivity contribution in [3.63, 3.8) is 0 Å². The van der Waals surface area contributed by atoms with Gasteiger partial charge in [-0.3, -0.25) is 9.13 Å². The van der Waals surface area contributed by atoms with Crippen molar-refractivity contribution < 1.29 is 28.4 Å². The molecule has 0 aromatic carbocycles. The van der Waals surface area contributed by atoms with Crippen LogP contribution in [0.4, 0.5) is 0 Å². The highest BCUT2D eigenvalue weighted by Crippen LogP contribution is 2.74. The van der Waals surface area contributed by atoms with E-state index >= 15 is 0 Å². The van der Waals surface area contributed by atoms with Crippen LogP contribution in [0.15, 0.2) is 0 Å². The maximum Gasteiger partial charge on any atom is 0.362 e. The predicted octanol–water partition coefficient (Wildman–Crippen LogP) is 2.92. The van der Waals surface area contributed by atoms with Crippen molar-refractivity contribution in [3.05, 3.63) is 0 Å². The predicted molar refractivity (Wildman–Crippen MR) is 78.4 cm³/mol. The Labute approximate surface area is 121 Å². The summed E-state index contributed by atoms with van der Waals surface area (Å²) < 4.78 is 29.3. The first-order valence-electron chi connectivity index (χ1n) is 6.83. The van der Waals surface area contributed by atoms with Crippen molar-refractivity contribution in [3.8, 4) is 0 Å². The quantitative estimate of drug-likeness (QED) is 0.440. The van der Waals surface area contributed by atoms with E-state index in [2.05, 4.69) is 0 Å². The lowest BCUT2D eigenvalue weighted by molar-refractivity contribution is -0.0836. The van der Waals surface area contributed by atoms with Gasteiger partial charge in [0.15, 0.2) is 4.90 Å². The third-order valence-corrected chi connectivity index (χ3v) is 9.32. The first-order valence-corrected chi connectivity index (χ1v) is 10.0. The molecule has 0 aliphatic rings. The summed E-state index contributed by atoms with van der Waals surface area (Å²) in [7, 11) is -7.82. The lowest BCUT2D eigenvalue weighted by Gasteiger charge is -2.37. The molecule has 0 spiro atoms. The summed E-state index contributed by atoms with van der Waals surface area (Å²) in [6.07, 6.45) is 1.12. The molecule has 122 valence electrons. The summed E-state index contributed by atoms with van der Waals surface area (Å²) in [6, 6.07) is -0.0846. The highest BCUT2D eigenvalue weighted by atomic mass is 31.2. The highest BCUT2D eigenvalue weighted by Gasteiger charge is 2.59. The molecule has 7 nitrogen and oxygen atoms in total. The van der Waals surface area contributed by atoms with E-state index in [0.29, 0.717) is 12.8 Å². The SMILES string of the molecule is CCC(CC)N(C)OP(=O)(O)C(CC)(CC)P(=O)(O)O. The van der Waals surface area contributed by atoms with Gasteiger partial charge in [0, 0.05) is 13.1 Å². The third-order valence-electron chi connectivity index (χ3n) is 3.90. The van der Waals surface area contributed by atoms with Crippen LogP contribution < -0.4 is 0 Å². The summed E-state index contributed by atoms with van der Waals surface area (Å²) in [5.74, 6) is 0. The fourth-order valence-corrected chi connectivity index (χ4v) is 6.03. The zero-order valence-electron chi connectivity index (χ0n) is 12.8. The van der Waals surface area contributed by atoms with Crippen LogP contribution in [0.3, 0.4) is 0 Å². The van der Waals surface area contributed by atoms with Gasteiger partial charge in [-0.2, -0.15) is 5.06 Å². The molecule has 0 heterocycles. The lowest BCUT2D eigenvalue weighted by Crippen LogP contribution is -2.35. The Hall–Kier alpha value is 0.260. The fraction of sp³-hybridized carbons (Fsp3) is 1.00. The molecule has 0 aromatic heterocycles. The molecule has 20 heavy (non-hydrogen) atoms. The minimum atomic E-state index is -4.80. The average Bonchev–Trinajstić information content (AvgIpc) is 2.29. The van der Waals surface area contributed by atoms with Crippen molar-refractivity contribution in [2.45, 2.75) is 64.3 Å². The van der Waals surface area contributed by atoms with Gasteiger partial charge in [-0.25, -0.2) is 4.62 Å². The highest BCUT2D eigenvalue weighted by molar-refractivity contribution is 7.72. The van der Waals surface area contributed by atoms with Crippen LogP contribution in [0.2, 0.25) is 0 Å². The first-order chi connectivity index (χ1) is 9.02. The molecule has 0 aliphatic carbocycles. The smallest absolute Gasteiger partial charge is 0.324 e. The molecule has 0 saturated heterocycles. The summed E-state index contributed by atoms with van der Waals surface area (Å²) in [4.78, 5) is 27.1. The van der Waals surface area contributed by atoms with Crippen LogP contribution in [0, 0.1) is 0 Å². The van der Waals surface area contributed by atoms with Crippen molar-refractivity contribution in [1.82, 2.24) is 5.06 Å². The van der Waals surface area contributed by atoms with Crippen LogP contribution >= 0.6 is 15.2 Å². The van der Waals surface area contributed by atoms with Crippen LogP contribution in [0.1, 0.15) is 53.4 Å². The topological polar surface area (TPSA) is 107 Å². The second kappa shape index (κ2) is 7.50. The standard InChI is InChI=1S/C11H27NO6P2/c1-6-10(7-2)12(5)18-20(16,17)11(8-3,9-4)19(13,14)15/h10H,6-9H2,1-5H3,(H,16,17)(H2,13,14,15). The molecular weight excluding hydrogens is 304 g/mol. The van der Waals surface area contributed by atoms with E-state index in [9.17, 15) is 23.8 Å². The summed E-state index contributed by atoms with van der Waals surface area (Å²) in [5.41, 5.74) is 0. The van der Waals surface area contributed by atoms with Crippen LogP contribution in [-0.4, -0.2) is 37.7 Å². The van der Waals surface area contributed by atoms with E-state index in [4.69, 9.17) is 4.62 Å². The Kier molecular flexibility index (Phi) is 7.60. The largest absolute Gasteiger partial charge is 0.362 e. The lowest BCUT2D eigenvalue weighted by atomic mass is 10.2. The van der Waals surface area contributed by atoms with Gasteiger partial charge >= 0.3 is 15.2 Å². The van der Waals surface area contributed by atoms with Gasteiger partial charge in [0.1, 0.15) is 0 Å². The second-order valence-electron chi connectivity index (χ2n) is 4.85. The molecule has 0 rings (SSSR count). The summed E-state index contributed by atoms with van der Waals surface area (Å²) >= 11 is 0. The van der Waals surface area contributed by atoms with Crippen LogP contribution in [0.25, 0.3) is 0 Å². The first kappa shape index (κ1) is 20.3. The normalized spacial score (nSPS) is 16.7. The molecular formula is C11H27NO6P2. The molecule has 0 fully saturated rings. The number of nitrogens with zero attached hydrogens (tertiary/aromatic N) is 1. The summed E-state index contributed by atoms with van der Waals surface area (Å²) in [6.45, 7) is 6.77. The number of hydrogen-bond acceptors (Lipinski definition) is 4.